The summed E-state index contributed by atoms with van der Waals surface area (Å²) in [5.74, 6) is -0.100. The van der Waals surface area contributed by atoms with Crippen molar-refractivity contribution in [3.63, 3.8) is 0 Å². The number of anilines is 1. The number of carbonyl (C=O) groups excluding carboxylic acids is 1. The third kappa shape index (κ3) is 5.82. The monoisotopic (exact) mass is 388 g/mol. The molecule has 0 spiro atoms. The van der Waals surface area contributed by atoms with Crippen molar-refractivity contribution < 1.29 is 13.2 Å². The first kappa shape index (κ1) is 21.0. The smallest absolute Gasteiger partial charge is 0.251 e. The fourth-order valence-electron chi connectivity index (χ4n) is 2.94. The zero-order chi connectivity index (χ0) is 19.9. The van der Waals surface area contributed by atoms with E-state index >= 15 is 0 Å². The Labute approximate surface area is 162 Å². The molecule has 0 unspecified atom stereocenters. The molecule has 27 heavy (non-hydrogen) atoms. The third-order valence-electron chi connectivity index (χ3n) is 4.42. The molecule has 0 radical (unpaired) electrons. The van der Waals surface area contributed by atoms with Crippen molar-refractivity contribution in [1.29, 1.82) is 0 Å². The van der Waals surface area contributed by atoms with Crippen LogP contribution in [-0.2, 0) is 16.4 Å². The third-order valence-corrected chi connectivity index (χ3v) is 6.29. The second-order valence-electron chi connectivity index (χ2n) is 6.46. The highest BCUT2D eigenvalue weighted by atomic mass is 32.2. The van der Waals surface area contributed by atoms with Gasteiger partial charge < -0.3 is 5.32 Å². The maximum absolute atomic E-state index is 12.3. The van der Waals surface area contributed by atoms with Crippen LogP contribution >= 0.6 is 0 Å². The Hall–Kier alpha value is -2.34. The molecular formula is C21H28N2O3S. The summed E-state index contributed by atoms with van der Waals surface area (Å²) >= 11 is 0. The lowest BCUT2D eigenvalue weighted by Gasteiger charge is -2.22. The average Bonchev–Trinajstić information content (AvgIpc) is 2.66. The minimum absolute atomic E-state index is 0.0457. The SMILES string of the molecule is CCN(c1ccc(C(=O)NCCCc2cccc(C)c2)cc1)S(=O)(=O)CC. The van der Waals surface area contributed by atoms with Gasteiger partial charge in [-0.15, -0.1) is 0 Å². The molecule has 1 N–H and O–H groups in total. The zero-order valence-corrected chi connectivity index (χ0v) is 17.1. The number of carbonyl (C=O) groups is 1. The van der Waals surface area contributed by atoms with Crippen molar-refractivity contribution in [3.05, 3.63) is 65.2 Å². The maximum Gasteiger partial charge on any atom is 0.251 e. The topological polar surface area (TPSA) is 66.5 Å². The summed E-state index contributed by atoms with van der Waals surface area (Å²) in [5, 5.41) is 2.92. The minimum atomic E-state index is -3.31. The number of rotatable bonds is 9. The molecule has 0 bridgehead atoms. The van der Waals surface area contributed by atoms with Gasteiger partial charge in [-0.1, -0.05) is 29.8 Å². The molecule has 2 rings (SSSR count). The summed E-state index contributed by atoms with van der Waals surface area (Å²) in [6.07, 6.45) is 1.78. The van der Waals surface area contributed by atoms with Gasteiger partial charge in [-0.2, -0.15) is 0 Å². The molecule has 6 heteroatoms. The van der Waals surface area contributed by atoms with Crippen LogP contribution in [0.15, 0.2) is 48.5 Å². The second-order valence-corrected chi connectivity index (χ2v) is 8.64. The van der Waals surface area contributed by atoms with E-state index < -0.39 is 10.0 Å². The van der Waals surface area contributed by atoms with Gasteiger partial charge in [0.1, 0.15) is 0 Å². The molecule has 0 aliphatic carbocycles. The molecule has 0 atom stereocenters. The van der Waals surface area contributed by atoms with Gasteiger partial charge in [0.05, 0.1) is 11.4 Å². The highest BCUT2D eigenvalue weighted by Crippen LogP contribution is 2.19. The number of aryl methyl sites for hydroxylation is 2. The number of sulfonamides is 1. The molecule has 0 saturated carbocycles. The van der Waals surface area contributed by atoms with Crippen molar-refractivity contribution >= 4 is 21.6 Å². The second kappa shape index (κ2) is 9.55. The van der Waals surface area contributed by atoms with Gasteiger partial charge >= 0.3 is 0 Å². The van der Waals surface area contributed by atoms with Crippen molar-refractivity contribution in [1.82, 2.24) is 5.32 Å². The van der Waals surface area contributed by atoms with Gasteiger partial charge in [-0.05, 0) is 63.4 Å². The summed E-state index contributed by atoms with van der Waals surface area (Å²) in [7, 11) is -3.31. The summed E-state index contributed by atoms with van der Waals surface area (Å²) in [6.45, 7) is 6.44. The molecule has 146 valence electrons. The van der Waals surface area contributed by atoms with Gasteiger partial charge in [0.15, 0.2) is 0 Å². The molecule has 0 aliphatic heterocycles. The largest absolute Gasteiger partial charge is 0.352 e. The van der Waals surface area contributed by atoms with Gasteiger partial charge in [-0.3, -0.25) is 9.10 Å². The molecule has 0 aromatic heterocycles. The predicted octanol–water partition coefficient (Wildman–Crippen LogP) is 3.53. The van der Waals surface area contributed by atoms with E-state index in [1.54, 1.807) is 38.1 Å². The fraction of sp³-hybridized carbons (Fsp3) is 0.381. The Morgan fingerprint density at radius 3 is 2.37 bits per heavy atom. The molecule has 2 aromatic rings. The Morgan fingerprint density at radius 2 is 1.78 bits per heavy atom. The van der Waals surface area contributed by atoms with E-state index in [-0.39, 0.29) is 11.7 Å². The van der Waals surface area contributed by atoms with E-state index in [1.165, 1.54) is 15.4 Å². The van der Waals surface area contributed by atoms with Crippen molar-refractivity contribution in [3.8, 4) is 0 Å². The van der Waals surface area contributed by atoms with Crippen LogP contribution in [0.3, 0.4) is 0 Å². The Morgan fingerprint density at radius 1 is 1.07 bits per heavy atom. The normalized spacial score (nSPS) is 11.2. The van der Waals surface area contributed by atoms with Crippen LogP contribution in [0.1, 0.15) is 41.8 Å². The van der Waals surface area contributed by atoms with E-state index in [1.807, 2.05) is 6.07 Å². The molecule has 1 amide bonds. The van der Waals surface area contributed by atoms with Gasteiger partial charge in [-0.25, -0.2) is 8.42 Å². The Balaban J connectivity index is 1.89. The highest BCUT2D eigenvalue weighted by molar-refractivity contribution is 7.92. The minimum Gasteiger partial charge on any atom is -0.352 e. The van der Waals surface area contributed by atoms with E-state index in [2.05, 4.69) is 30.4 Å². The van der Waals surface area contributed by atoms with Crippen LogP contribution in [0.4, 0.5) is 5.69 Å². The van der Waals surface area contributed by atoms with Crippen LogP contribution in [0.2, 0.25) is 0 Å². The summed E-state index contributed by atoms with van der Waals surface area (Å²) in [5.41, 5.74) is 3.61. The molecule has 0 aliphatic rings. The zero-order valence-electron chi connectivity index (χ0n) is 16.2. The first-order chi connectivity index (χ1) is 12.9. The van der Waals surface area contributed by atoms with Crippen LogP contribution < -0.4 is 9.62 Å². The van der Waals surface area contributed by atoms with Crippen LogP contribution in [-0.4, -0.2) is 33.2 Å². The molecule has 0 saturated heterocycles. The number of nitrogens with one attached hydrogen (secondary N) is 1. The van der Waals surface area contributed by atoms with Gasteiger partial charge in [0.2, 0.25) is 10.0 Å². The number of hydrogen-bond acceptors (Lipinski definition) is 3. The average molecular weight is 389 g/mol. The maximum atomic E-state index is 12.3. The van der Waals surface area contributed by atoms with Crippen molar-refractivity contribution in [2.45, 2.75) is 33.6 Å². The van der Waals surface area contributed by atoms with E-state index in [0.29, 0.717) is 24.3 Å². The molecular weight excluding hydrogens is 360 g/mol. The van der Waals surface area contributed by atoms with Crippen molar-refractivity contribution in [2.24, 2.45) is 0 Å². The van der Waals surface area contributed by atoms with Crippen molar-refractivity contribution in [2.75, 3.05) is 23.1 Å². The molecule has 2 aromatic carbocycles. The Bertz CT molecular complexity index is 861. The summed E-state index contributed by atoms with van der Waals surface area (Å²) in [6, 6.07) is 15.1. The Kier molecular flexibility index (Phi) is 7.42. The lowest BCUT2D eigenvalue weighted by molar-refractivity contribution is 0.0953. The standard InChI is InChI=1S/C21H28N2O3S/c1-4-23(27(25,26)5-2)20-13-11-19(12-14-20)21(24)22-15-7-10-18-9-6-8-17(3)16-18/h6,8-9,11-14,16H,4-5,7,10,15H2,1-3H3,(H,22,24). The van der Waals surface area contributed by atoms with E-state index in [9.17, 15) is 13.2 Å². The first-order valence-electron chi connectivity index (χ1n) is 9.31. The number of hydrogen-bond donors (Lipinski definition) is 1. The first-order valence-corrected chi connectivity index (χ1v) is 10.9. The van der Waals surface area contributed by atoms with Crippen LogP contribution in [0.25, 0.3) is 0 Å². The molecule has 0 fully saturated rings. The van der Waals surface area contributed by atoms with E-state index in [4.69, 9.17) is 0 Å². The van der Waals surface area contributed by atoms with E-state index in [0.717, 1.165) is 12.8 Å². The summed E-state index contributed by atoms with van der Waals surface area (Å²) in [4.78, 5) is 12.3. The fourth-order valence-corrected chi connectivity index (χ4v) is 4.09. The van der Waals surface area contributed by atoms with Gasteiger partial charge in [0.25, 0.3) is 5.91 Å². The number of benzene rings is 2. The number of amides is 1. The quantitative estimate of drug-likeness (QED) is 0.668. The highest BCUT2D eigenvalue weighted by Gasteiger charge is 2.18. The lowest BCUT2D eigenvalue weighted by atomic mass is 10.1. The molecule has 0 heterocycles. The predicted molar refractivity (Wildman–Crippen MR) is 111 cm³/mol. The number of nitrogens with zero attached hydrogens (tertiary/aromatic N) is 1. The van der Waals surface area contributed by atoms with Gasteiger partial charge in [0, 0.05) is 18.7 Å². The van der Waals surface area contributed by atoms with Crippen LogP contribution in [0.5, 0.6) is 0 Å². The van der Waals surface area contributed by atoms with Crippen LogP contribution in [0, 0.1) is 6.92 Å². The summed E-state index contributed by atoms with van der Waals surface area (Å²) < 4.78 is 25.6. The molecule has 5 nitrogen and oxygen atoms in total. The lowest BCUT2D eigenvalue weighted by Crippen LogP contribution is -2.32.